The SMILES string of the molecule is CCN1CCN(c2ccc(NC(=O)NC(C)C)cn2)CC1. The number of hydrogen-bond donors (Lipinski definition) is 2. The maximum Gasteiger partial charge on any atom is 0.319 e. The van der Waals surface area contributed by atoms with Crippen LogP contribution in [-0.4, -0.2) is 54.7 Å². The summed E-state index contributed by atoms with van der Waals surface area (Å²) in [5.41, 5.74) is 0.712. The molecule has 1 aromatic rings. The van der Waals surface area contributed by atoms with Gasteiger partial charge in [0.2, 0.25) is 0 Å². The van der Waals surface area contributed by atoms with E-state index in [4.69, 9.17) is 0 Å². The van der Waals surface area contributed by atoms with Crippen molar-refractivity contribution in [2.75, 3.05) is 42.9 Å². The van der Waals surface area contributed by atoms with Crippen molar-refractivity contribution >= 4 is 17.5 Å². The van der Waals surface area contributed by atoms with Gasteiger partial charge in [0.05, 0.1) is 11.9 Å². The van der Waals surface area contributed by atoms with E-state index in [2.05, 4.69) is 32.3 Å². The number of likely N-dealkylation sites (N-methyl/N-ethyl adjacent to an activating group) is 1. The molecule has 0 saturated carbocycles. The number of nitrogens with zero attached hydrogens (tertiary/aromatic N) is 3. The van der Waals surface area contributed by atoms with Crippen LogP contribution in [0.25, 0.3) is 0 Å². The van der Waals surface area contributed by atoms with Crippen molar-refractivity contribution in [3.8, 4) is 0 Å². The summed E-state index contributed by atoms with van der Waals surface area (Å²) in [4.78, 5) is 20.8. The number of carbonyl (C=O) groups excluding carboxylic acids is 1. The molecular weight excluding hydrogens is 266 g/mol. The van der Waals surface area contributed by atoms with Gasteiger partial charge in [0.15, 0.2) is 0 Å². The average molecular weight is 291 g/mol. The molecule has 1 aliphatic heterocycles. The molecule has 0 radical (unpaired) electrons. The lowest BCUT2D eigenvalue weighted by Crippen LogP contribution is -2.46. The molecule has 0 aliphatic carbocycles. The number of amides is 2. The van der Waals surface area contributed by atoms with Gasteiger partial charge in [-0.15, -0.1) is 0 Å². The summed E-state index contributed by atoms with van der Waals surface area (Å²) in [7, 11) is 0. The van der Waals surface area contributed by atoms with Crippen LogP contribution in [0.2, 0.25) is 0 Å². The molecule has 2 amide bonds. The van der Waals surface area contributed by atoms with Gasteiger partial charge in [0, 0.05) is 32.2 Å². The van der Waals surface area contributed by atoms with Crippen molar-refractivity contribution in [2.45, 2.75) is 26.8 Å². The quantitative estimate of drug-likeness (QED) is 0.887. The normalized spacial score (nSPS) is 16.1. The molecule has 116 valence electrons. The van der Waals surface area contributed by atoms with Gasteiger partial charge in [-0.2, -0.15) is 0 Å². The maximum absolute atomic E-state index is 11.6. The molecule has 1 aliphatic rings. The van der Waals surface area contributed by atoms with Crippen LogP contribution in [0.4, 0.5) is 16.3 Å². The number of rotatable bonds is 4. The Morgan fingerprint density at radius 1 is 1.29 bits per heavy atom. The Balaban J connectivity index is 1.89. The molecule has 0 atom stereocenters. The number of anilines is 2. The Kier molecular flexibility index (Phi) is 5.38. The molecule has 1 saturated heterocycles. The van der Waals surface area contributed by atoms with E-state index in [1.165, 1.54) is 0 Å². The van der Waals surface area contributed by atoms with Crippen LogP contribution in [-0.2, 0) is 0 Å². The first-order valence-electron chi connectivity index (χ1n) is 7.59. The zero-order valence-corrected chi connectivity index (χ0v) is 13.1. The second kappa shape index (κ2) is 7.26. The molecule has 6 nitrogen and oxygen atoms in total. The third-order valence-corrected chi connectivity index (χ3v) is 3.57. The molecule has 2 heterocycles. The second-order valence-corrected chi connectivity index (χ2v) is 5.58. The van der Waals surface area contributed by atoms with Crippen LogP contribution in [0, 0.1) is 0 Å². The predicted molar refractivity (Wildman–Crippen MR) is 85.9 cm³/mol. The van der Waals surface area contributed by atoms with Crippen molar-refractivity contribution < 1.29 is 4.79 Å². The van der Waals surface area contributed by atoms with Crippen LogP contribution in [0.5, 0.6) is 0 Å². The minimum absolute atomic E-state index is 0.118. The third-order valence-electron chi connectivity index (χ3n) is 3.57. The smallest absolute Gasteiger partial charge is 0.319 e. The van der Waals surface area contributed by atoms with Gasteiger partial charge in [0.1, 0.15) is 5.82 Å². The zero-order valence-electron chi connectivity index (χ0n) is 13.1. The van der Waals surface area contributed by atoms with Crippen molar-refractivity contribution in [2.24, 2.45) is 0 Å². The Bertz CT molecular complexity index is 452. The van der Waals surface area contributed by atoms with Gasteiger partial charge in [0.25, 0.3) is 0 Å². The van der Waals surface area contributed by atoms with E-state index in [0.717, 1.165) is 38.5 Å². The van der Waals surface area contributed by atoms with Crippen molar-refractivity contribution in [1.82, 2.24) is 15.2 Å². The number of hydrogen-bond acceptors (Lipinski definition) is 4. The Morgan fingerprint density at radius 3 is 2.52 bits per heavy atom. The topological polar surface area (TPSA) is 60.5 Å². The minimum Gasteiger partial charge on any atom is -0.354 e. The summed E-state index contributed by atoms with van der Waals surface area (Å²) >= 11 is 0. The van der Waals surface area contributed by atoms with Gasteiger partial charge in [-0.05, 0) is 32.5 Å². The Hall–Kier alpha value is -1.82. The van der Waals surface area contributed by atoms with E-state index in [-0.39, 0.29) is 12.1 Å². The van der Waals surface area contributed by atoms with Crippen molar-refractivity contribution in [3.63, 3.8) is 0 Å². The molecule has 2 N–H and O–H groups in total. The summed E-state index contributed by atoms with van der Waals surface area (Å²) in [6.07, 6.45) is 1.71. The van der Waals surface area contributed by atoms with Crippen molar-refractivity contribution in [3.05, 3.63) is 18.3 Å². The minimum atomic E-state index is -0.198. The molecule has 0 spiro atoms. The largest absolute Gasteiger partial charge is 0.354 e. The van der Waals surface area contributed by atoms with Gasteiger partial charge in [-0.3, -0.25) is 0 Å². The zero-order chi connectivity index (χ0) is 15.2. The lowest BCUT2D eigenvalue weighted by molar-refractivity contribution is 0.250. The van der Waals surface area contributed by atoms with Crippen LogP contribution >= 0.6 is 0 Å². The molecule has 2 rings (SSSR count). The fourth-order valence-corrected chi connectivity index (χ4v) is 2.37. The predicted octanol–water partition coefficient (Wildman–Crippen LogP) is 1.75. The van der Waals surface area contributed by atoms with E-state index in [9.17, 15) is 4.79 Å². The highest BCUT2D eigenvalue weighted by Gasteiger charge is 2.16. The van der Waals surface area contributed by atoms with Crippen LogP contribution in [0.1, 0.15) is 20.8 Å². The summed E-state index contributed by atoms with van der Waals surface area (Å²) < 4.78 is 0. The molecule has 1 aromatic heterocycles. The summed E-state index contributed by atoms with van der Waals surface area (Å²) in [6.45, 7) is 11.3. The molecule has 0 aromatic carbocycles. The highest BCUT2D eigenvalue weighted by molar-refractivity contribution is 5.89. The van der Waals surface area contributed by atoms with Gasteiger partial charge in [-0.1, -0.05) is 6.92 Å². The standard InChI is InChI=1S/C15H25N5O/c1-4-19-7-9-20(10-8-19)14-6-5-13(11-16-14)18-15(21)17-12(2)3/h5-6,11-12H,4,7-10H2,1-3H3,(H2,17,18,21). The lowest BCUT2D eigenvalue weighted by atomic mass is 10.3. The van der Waals surface area contributed by atoms with Crippen LogP contribution in [0.15, 0.2) is 18.3 Å². The van der Waals surface area contributed by atoms with Crippen molar-refractivity contribution in [1.29, 1.82) is 0 Å². The summed E-state index contributed by atoms with van der Waals surface area (Å²) in [5, 5.41) is 5.57. The van der Waals surface area contributed by atoms with Crippen LogP contribution in [0.3, 0.4) is 0 Å². The number of nitrogens with one attached hydrogen (secondary N) is 2. The van der Waals surface area contributed by atoms with Gasteiger partial charge >= 0.3 is 6.03 Å². The monoisotopic (exact) mass is 291 g/mol. The highest BCUT2D eigenvalue weighted by Crippen LogP contribution is 2.16. The first-order valence-corrected chi connectivity index (χ1v) is 7.59. The van der Waals surface area contributed by atoms with Gasteiger partial charge in [-0.25, -0.2) is 9.78 Å². The lowest BCUT2D eigenvalue weighted by Gasteiger charge is -2.34. The van der Waals surface area contributed by atoms with E-state index in [1.807, 2.05) is 26.0 Å². The number of urea groups is 1. The Morgan fingerprint density at radius 2 is 2.00 bits per heavy atom. The van der Waals surface area contributed by atoms with E-state index in [1.54, 1.807) is 6.20 Å². The first-order chi connectivity index (χ1) is 10.1. The number of piperazine rings is 1. The summed E-state index contributed by atoms with van der Waals surface area (Å²) in [6, 6.07) is 3.78. The van der Waals surface area contributed by atoms with E-state index < -0.39 is 0 Å². The van der Waals surface area contributed by atoms with E-state index >= 15 is 0 Å². The summed E-state index contributed by atoms with van der Waals surface area (Å²) in [5.74, 6) is 0.973. The number of carbonyl (C=O) groups is 1. The first kappa shape index (κ1) is 15.6. The molecule has 6 heteroatoms. The molecular formula is C15H25N5O. The molecule has 1 fully saturated rings. The fraction of sp³-hybridized carbons (Fsp3) is 0.600. The van der Waals surface area contributed by atoms with Gasteiger partial charge < -0.3 is 20.4 Å². The van der Waals surface area contributed by atoms with Crippen LogP contribution < -0.4 is 15.5 Å². The second-order valence-electron chi connectivity index (χ2n) is 5.58. The van der Waals surface area contributed by atoms with E-state index in [0.29, 0.717) is 5.69 Å². The molecule has 21 heavy (non-hydrogen) atoms. The maximum atomic E-state index is 11.6. The fourth-order valence-electron chi connectivity index (χ4n) is 2.37. The number of aromatic nitrogens is 1. The molecule has 0 bridgehead atoms. The Labute approximate surface area is 126 Å². The third kappa shape index (κ3) is 4.60. The molecule has 0 unspecified atom stereocenters. The number of pyridine rings is 1. The average Bonchev–Trinajstić information content (AvgIpc) is 2.47. The highest BCUT2D eigenvalue weighted by atomic mass is 16.2.